The quantitative estimate of drug-likeness (QED) is 0.859. The highest BCUT2D eigenvalue weighted by atomic mass is 32.1. The minimum atomic E-state index is -0.215. The van der Waals surface area contributed by atoms with Crippen LogP contribution in [0.3, 0.4) is 0 Å². The van der Waals surface area contributed by atoms with Crippen LogP contribution in [0, 0.1) is 5.82 Å². The van der Waals surface area contributed by atoms with Crippen molar-refractivity contribution in [2.75, 3.05) is 7.05 Å². The van der Waals surface area contributed by atoms with Gasteiger partial charge in [0, 0.05) is 23.7 Å². The number of hydrogen-bond donors (Lipinski definition) is 1. The van der Waals surface area contributed by atoms with Crippen LogP contribution in [0.2, 0.25) is 0 Å². The molecule has 0 bridgehead atoms. The Bertz CT molecular complexity index is 455. The highest BCUT2D eigenvalue weighted by Gasteiger charge is 2.19. The molecule has 1 aromatic carbocycles. The first-order valence-electron chi connectivity index (χ1n) is 6.86. The van der Waals surface area contributed by atoms with E-state index in [0.717, 1.165) is 0 Å². The SMILES string of the molecule is CN(Cc1ccc(C(N)=S)cc1F)C1CCCCC1. The monoisotopic (exact) mass is 280 g/mol. The van der Waals surface area contributed by atoms with Crippen LogP contribution < -0.4 is 5.73 Å². The number of hydrogen-bond acceptors (Lipinski definition) is 2. The molecule has 0 amide bonds. The van der Waals surface area contributed by atoms with Gasteiger partial charge in [0.25, 0.3) is 0 Å². The maximum absolute atomic E-state index is 14.0. The van der Waals surface area contributed by atoms with Gasteiger partial charge < -0.3 is 5.73 Å². The summed E-state index contributed by atoms with van der Waals surface area (Å²) in [6.07, 6.45) is 6.36. The molecule has 0 spiro atoms. The van der Waals surface area contributed by atoms with E-state index in [1.807, 2.05) is 0 Å². The summed E-state index contributed by atoms with van der Waals surface area (Å²) in [5, 5.41) is 0. The van der Waals surface area contributed by atoms with Crippen LogP contribution in [-0.4, -0.2) is 23.0 Å². The van der Waals surface area contributed by atoms with Crippen molar-refractivity contribution in [1.29, 1.82) is 0 Å². The third-order valence-electron chi connectivity index (χ3n) is 3.96. The van der Waals surface area contributed by atoms with Gasteiger partial charge in [-0.15, -0.1) is 0 Å². The number of thiocarbonyl (C=S) groups is 1. The summed E-state index contributed by atoms with van der Waals surface area (Å²) in [5.74, 6) is -0.215. The second-order valence-electron chi connectivity index (χ2n) is 5.38. The van der Waals surface area contributed by atoms with Gasteiger partial charge >= 0.3 is 0 Å². The lowest BCUT2D eigenvalue weighted by Gasteiger charge is -2.31. The number of nitrogens with two attached hydrogens (primary N) is 1. The molecule has 0 atom stereocenters. The second kappa shape index (κ2) is 6.44. The molecule has 2 nitrogen and oxygen atoms in total. The molecule has 2 N–H and O–H groups in total. The van der Waals surface area contributed by atoms with Gasteiger partial charge in [-0.2, -0.15) is 0 Å². The Labute approximate surface area is 119 Å². The van der Waals surface area contributed by atoms with E-state index in [-0.39, 0.29) is 10.8 Å². The van der Waals surface area contributed by atoms with Crippen molar-refractivity contribution in [3.63, 3.8) is 0 Å². The summed E-state index contributed by atoms with van der Waals surface area (Å²) < 4.78 is 14.0. The molecule has 104 valence electrons. The lowest BCUT2D eigenvalue weighted by atomic mass is 9.94. The Morgan fingerprint density at radius 3 is 2.63 bits per heavy atom. The summed E-state index contributed by atoms with van der Waals surface area (Å²) in [7, 11) is 2.08. The van der Waals surface area contributed by atoms with E-state index < -0.39 is 0 Å². The molecule has 0 radical (unpaired) electrons. The molecule has 19 heavy (non-hydrogen) atoms. The molecule has 1 aromatic rings. The zero-order valence-corrected chi connectivity index (χ0v) is 12.2. The van der Waals surface area contributed by atoms with E-state index in [9.17, 15) is 4.39 Å². The number of halogens is 1. The van der Waals surface area contributed by atoms with Gasteiger partial charge in [-0.3, -0.25) is 4.90 Å². The van der Waals surface area contributed by atoms with E-state index >= 15 is 0 Å². The molecule has 0 aromatic heterocycles. The average molecular weight is 280 g/mol. The van der Waals surface area contributed by atoms with Gasteiger partial charge in [0.05, 0.1) is 0 Å². The first-order chi connectivity index (χ1) is 9.08. The second-order valence-corrected chi connectivity index (χ2v) is 5.82. The molecule has 1 fully saturated rings. The fraction of sp³-hybridized carbons (Fsp3) is 0.533. The average Bonchev–Trinajstić information content (AvgIpc) is 2.41. The normalized spacial score (nSPS) is 16.8. The van der Waals surface area contributed by atoms with Gasteiger partial charge in [0.1, 0.15) is 10.8 Å². The van der Waals surface area contributed by atoms with Crippen LogP contribution in [0.4, 0.5) is 4.39 Å². The fourth-order valence-corrected chi connectivity index (χ4v) is 2.88. The standard InChI is InChI=1S/C15H21FN2S/c1-18(13-5-3-2-4-6-13)10-12-8-7-11(15(17)19)9-14(12)16/h7-9,13H,2-6,10H2,1H3,(H2,17,19). The zero-order valence-electron chi connectivity index (χ0n) is 11.4. The van der Waals surface area contributed by atoms with E-state index in [4.69, 9.17) is 18.0 Å². The predicted octanol–water partition coefficient (Wildman–Crippen LogP) is 3.22. The maximum Gasteiger partial charge on any atom is 0.128 e. The number of rotatable bonds is 4. The molecule has 1 aliphatic carbocycles. The lowest BCUT2D eigenvalue weighted by molar-refractivity contribution is 0.182. The van der Waals surface area contributed by atoms with Crippen molar-refractivity contribution in [3.05, 3.63) is 35.1 Å². The largest absolute Gasteiger partial charge is 0.389 e. The molecular formula is C15H21FN2S. The van der Waals surface area contributed by atoms with Crippen LogP contribution in [0.1, 0.15) is 43.2 Å². The minimum absolute atomic E-state index is 0.215. The molecule has 1 saturated carbocycles. The summed E-state index contributed by atoms with van der Waals surface area (Å²) in [5.41, 5.74) is 6.82. The topological polar surface area (TPSA) is 29.3 Å². The Kier molecular flexibility index (Phi) is 4.88. The number of benzene rings is 1. The fourth-order valence-electron chi connectivity index (χ4n) is 2.75. The predicted molar refractivity (Wildman–Crippen MR) is 80.6 cm³/mol. The van der Waals surface area contributed by atoms with Crippen molar-refractivity contribution in [1.82, 2.24) is 4.90 Å². The Morgan fingerprint density at radius 2 is 2.05 bits per heavy atom. The van der Waals surface area contributed by atoms with Crippen LogP contribution in [0.5, 0.6) is 0 Å². The Balaban J connectivity index is 2.03. The van der Waals surface area contributed by atoms with E-state index in [2.05, 4.69) is 11.9 Å². The summed E-state index contributed by atoms with van der Waals surface area (Å²) in [6, 6.07) is 5.62. The van der Waals surface area contributed by atoms with Gasteiger partial charge in [0.15, 0.2) is 0 Å². The summed E-state index contributed by atoms with van der Waals surface area (Å²) in [6.45, 7) is 0.647. The van der Waals surface area contributed by atoms with Crippen molar-refractivity contribution >= 4 is 17.2 Å². The molecule has 2 rings (SSSR count). The van der Waals surface area contributed by atoms with Gasteiger partial charge in [-0.25, -0.2) is 4.39 Å². The van der Waals surface area contributed by atoms with Crippen molar-refractivity contribution in [3.8, 4) is 0 Å². The molecule has 0 saturated heterocycles. The third kappa shape index (κ3) is 3.74. The molecule has 0 unspecified atom stereocenters. The van der Waals surface area contributed by atoms with Crippen molar-refractivity contribution < 1.29 is 4.39 Å². The third-order valence-corrected chi connectivity index (χ3v) is 4.19. The van der Waals surface area contributed by atoms with Gasteiger partial charge in [0.2, 0.25) is 0 Å². The van der Waals surface area contributed by atoms with Gasteiger partial charge in [-0.05, 0) is 26.0 Å². The highest BCUT2D eigenvalue weighted by molar-refractivity contribution is 7.80. The van der Waals surface area contributed by atoms with E-state index in [1.54, 1.807) is 12.1 Å². The van der Waals surface area contributed by atoms with Crippen LogP contribution in [-0.2, 0) is 6.54 Å². The van der Waals surface area contributed by atoms with Crippen LogP contribution in [0.25, 0.3) is 0 Å². The van der Waals surface area contributed by atoms with Crippen molar-refractivity contribution in [2.45, 2.75) is 44.7 Å². The molecule has 0 heterocycles. The first kappa shape index (κ1) is 14.4. The van der Waals surface area contributed by atoms with Gasteiger partial charge in [-0.1, -0.05) is 43.6 Å². The molecule has 4 heteroatoms. The van der Waals surface area contributed by atoms with Crippen LogP contribution >= 0.6 is 12.2 Å². The summed E-state index contributed by atoms with van der Waals surface area (Å²) in [4.78, 5) is 2.50. The molecule has 1 aliphatic rings. The highest BCUT2D eigenvalue weighted by Crippen LogP contribution is 2.23. The minimum Gasteiger partial charge on any atom is -0.389 e. The van der Waals surface area contributed by atoms with E-state index in [0.29, 0.717) is 23.7 Å². The summed E-state index contributed by atoms with van der Waals surface area (Å²) >= 11 is 4.86. The Morgan fingerprint density at radius 1 is 1.37 bits per heavy atom. The number of nitrogens with zero attached hydrogens (tertiary/aromatic N) is 1. The van der Waals surface area contributed by atoms with E-state index in [1.165, 1.54) is 38.2 Å². The Hall–Kier alpha value is -1.00. The zero-order chi connectivity index (χ0) is 13.8. The lowest BCUT2D eigenvalue weighted by Crippen LogP contribution is -2.33. The maximum atomic E-state index is 14.0. The molecule has 0 aliphatic heterocycles. The van der Waals surface area contributed by atoms with Crippen LogP contribution in [0.15, 0.2) is 18.2 Å². The molecular weight excluding hydrogens is 259 g/mol. The smallest absolute Gasteiger partial charge is 0.128 e. The van der Waals surface area contributed by atoms with Crippen molar-refractivity contribution in [2.24, 2.45) is 5.73 Å². The first-order valence-corrected chi connectivity index (χ1v) is 7.27.